The number of nitrogens with two attached hydrogens (primary N) is 1. The monoisotopic (exact) mass is 404 g/mol. The van der Waals surface area contributed by atoms with Gasteiger partial charge in [0.05, 0.1) is 12.2 Å². The van der Waals surface area contributed by atoms with Gasteiger partial charge in [-0.05, 0) is 59.9 Å². The fourth-order valence-corrected chi connectivity index (χ4v) is 3.15. The molecule has 2 aromatic carbocycles. The lowest BCUT2D eigenvalue weighted by molar-refractivity contribution is 0.0932. The minimum absolute atomic E-state index is 0.0981. The molecule has 4 rings (SSSR count). The van der Waals surface area contributed by atoms with Crippen molar-refractivity contribution in [3.8, 4) is 11.5 Å². The van der Waals surface area contributed by atoms with Crippen LogP contribution in [0.1, 0.15) is 50.8 Å². The van der Waals surface area contributed by atoms with Crippen LogP contribution in [-0.4, -0.2) is 28.4 Å². The minimum Gasteiger partial charge on any atom is -0.508 e. The number of primary amides is 1. The van der Waals surface area contributed by atoms with Crippen LogP contribution in [0.25, 0.3) is 0 Å². The molecular weight excluding hydrogens is 380 g/mol. The van der Waals surface area contributed by atoms with Crippen molar-refractivity contribution in [2.24, 2.45) is 5.73 Å². The van der Waals surface area contributed by atoms with Crippen molar-refractivity contribution in [3.63, 3.8) is 0 Å². The predicted octanol–water partition coefficient (Wildman–Crippen LogP) is 3.69. The molecule has 154 valence electrons. The topological polar surface area (TPSA) is 103 Å². The maximum atomic E-state index is 11.5. The number of hydrogen-bond acceptors (Lipinski definition) is 5. The number of phenolic OH excluding ortho intramolecular Hbond substituents is 1. The van der Waals surface area contributed by atoms with Crippen LogP contribution in [0.2, 0.25) is 0 Å². The molecule has 0 saturated heterocycles. The average Bonchev–Trinajstić information content (AvgIpc) is 2.75. The zero-order valence-electron chi connectivity index (χ0n) is 16.8. The average molecular weight is 404 g/mol. The molecule has 1 aliphatic heterocycles. The summed E-state index contributed by atoms with van der Waals surface area (Å²) < 4.78 is 5.29. The van der Waals surface area contributed by atoms with E-state index in [1.54, 1.807) is 30.6 Å². The third-order valence-corrected chi connectivity index (χ3v) is 4.84. The zero-order chi connectivity index (χ0) is 21.5. The highest BCUT2D eigenvalue weighted by molar-refractivity contribution is 6.00. The molecule has 0 atom stereocenters. The second kappa shape index (κ2) is 9.69. The lowest BCUT2D eigenvalue weighted by Crippen LogP contribution is -2.15. The molecule has 30 heavy (non-hydrogen) atoms. The lowest BCUT2D eigenvalue weighted by atomic mass is 10.0. The Morgan fingerprint density at radius 2 is 1.77 bits per heavy atom. The summed E-state index contributed by atoms with van der Waals surface area (Å²) in [6.07, 6.45) is 5.52. The maximum absolute atomic E-state index is 11.5. The molecule has 3 N–H and O–H groups in total. The van der Waals surface area contributed by atoms with Crippen molar-refractivity contribution in [3.05, 3.63) is 88.7 Å². The number of ether oxygens (including phenoxy) is 1. The van der Waals surface area contributed by atoms with E-state index < -0.39 is 5.91 Å². The Bertz CT molecular complexity index is 1030. The Labute approximate surface area is 175 Å². The summed E-state index contributed by atoms with van der Waals surface area (Å²) >= 11 is 0. The van der Waals surface area contributed by atoms with Gasteiger partial charge in [0.25, 0.3) is 0 Å². The number of aryl methyl sites for hydroxylation is 1. The van der Waals surface area contributed by atoms with Crippen molar-refractivity contribution in [1.82, 2.24) is 4.98 Å². The number of aromatic nitrogens is 1. The van der Waals surface area contributed by atoms with Crippen molar-refractivity contribution in [1.29, 1.82) is 0 Å². The number of ketones is 1. The van der Waals surface area contributed by atoms with E-state index in [4.69, 9.17) is 10.5 Å². The Morgan fingerprint density at radius 3 is 2.40 bits per heavy atom. The second-order valence-corrected chi connectivity index (χ2v) is 6.95. The first kappa shape index (κ1) is 21.0. The van der Waals surface area contributed by atoms with Crippen molar-refractivity contribution in [2.75, 3.05) is 6.61 Å². The van der Waals surface area contributed by atoms with Crippen LogP contribution in [0.5, 0.6) is 11.5 Å². The smallest absolute Gasteiger partial charge is 0.248 e. The van der Waals surface area contributed by atoms with E-state index in [2.05, 4.69) is 4.98 Å². The van der Waals surface area contributed by atoms with Gasteiger partial charge in [-0.2, -0.15) is 0 Å². The van der Waals surface area contributed by atoms with Crippen molar-refractivity contribution >= 4 is 11.7 Å². The van der Waals surface area contributed by atoms with E-state index >= 15 is 0 Å². The molecule has 2 heterocycles. The summed E-state index contributed by atoms with van der Waals surface area (Å²) in [5.74, 6) is 0.424. The van der Waals surface area contributed by atoms with E-state index in [1.807, 2.05) is 31.2 Å². The summed E-state index contributed by atoms with van der Waals surface area (Å²) in [5.41, 5.74) is 9.45. The van der Waals surface area contributed by atoms with Gasteiger partial charge in [-0.3, -0.25) is 14.6 Å². The summed E-state index contributed by atoms with van der Waals surface area (Å²) in [5, 5.41) is 9.56. The predicted molar refractivity (Wildman–Crippen MR) is 114 cm³/mol. The van der Waals surface area contributed by atoms with Crippen LogP contribution in [0, 0.1) is 0 Å². The van der Waals surface area contributed by atoms with E-state index in [1.165, 1.54) is 11.6 Å². The van der Waals surface area contributed by atoms with Gasteiger partial charge in [0.15, 0.2) is 5.78 Å². The molecule has 6 nitrogen and oxygen atoms in total. The number of amides is 1. The summed E-state index contributed by atoms with van der Waals surface area (Å²) in [6.45, 7) is 2.35. The number of rotatable bonds is 4. The summed E-state index contributed by atoms with van der Waals surface area (Å²) in [4.78, 5) is 26.4. The summed E-state index contributed by atoms with van der Waals surface area (Å²) in [6, 6.07) is 14.5. The van der Waals surface area contributed by atoms with Gasteiger partial charge in [0.1, 0.15) is 11.5 Å². The van der Waals surface area contributed by atoms with Gasteiger partial charge >= 0.3 is 0 Å². The molecule has 0 saturated carbocycles. The number of aromatic hydroxyl groups is 1. The molecule has 0 unspecified atom stereocenters. The first-order valence-electron chi connectivity index (χ1n) is 9.77. The number of carbonyl (C=O) groups is 2. The third kappa shape index (κ3) is 5.23. The van der Waals surface area contributed by atoms with E-state index in [9.17, 15) is 14.7 Å². The third-order valence-electron chi connectivity index (χ3n) is 4.84. The van der Waals surface area contributed by atoms with Crippen LogP contribution in [0.4, 0.5) is 0 Å². The van der Waals surface area contributed by atoms with Crippen molar-refractivity contribution in [2.45, 2.75) is 26.2 Å². The van der Waals surface area contributed by atoms with Gasteiger partial charge in [0.2, 0.25) is 5.91 Å². The molecule has 1 aromatic heterocycles. The van der Waals surface area contributed by atoms with Gasteiger partial charge < -0.3 is 15.6 Å². The lowest BCUT2D eigenvalue weighted by Gasteiger charge is -2.17. The SMILES string of the molecule is CCc1cc2c(cc1O)OCCC2=O.NC(=O)c1ccc(Cc2ccncc2)cc1. The molecule has 0 bridgehead atoms. The largest absolute Gasteiger partial charge is 0.508 e. The molecule has 0 spiro atoms. The number of phenols is 1. The van der Waals surface area contributed by atoms with Crippen LogP contribution < -0.4 is 10.5 Å². The molecular formula is C24H24N2O4. The Kier molecular flexibility index (Phi) is 6.80. The van der Waals surface area contributed by atoms with Crippen LogP contribution in [0.15, 0.2) is 60.9 Å². The number of carbonyl (C=O) groups excluding carboxylic acids is 2. The maximum Gasteiger partial charge on any atom is 0.248 e. The van der Waals surface area contributed by atoms with Crippen LogP contribution in [-0.2, 0) is 12.8 Å². The number of fused-ring (bicyclic) bond motifs is 1. The van der Waals surface area contributed by atoms with Crippen LogP contribution >= 0.6 is 0 Å². The molecule has 0 radical (unpaired) electrons. The number of pyridine rings is 1. The van der Waals surface area contributed by atoms with Crippen LogP contribution in [0.3, 0.4) is 0 Å². The normalized spacial score (nSPS) is 12.2. The number of nitrogens with zero attached hydrogens (tertiary/aromatic N) is 1. The highest BCUT2D eigenvalue weighted by Crippen LogP contribution is 2.31. The molecule has 6 heteroatoms. The quantitative estimate of drug-likeness (QED) is 0.690. The fourth-order valence-electron chi connectivity index (χ4n) is 3.15. The zero-order valence-corrected chi connectivity index (χ0v) is 16.8. The first-order valence-corrected chi connectivity index (χ1v) is 9.77. The van der Waals surface area contributed by atoms with Gasteiger partial charge in [-0.1, -0.05) is 19.1 Å². The molecule has 0 aliphatic carbocycles. The number of benzene rings is 2. The molecule has 1 amide bonds. The minimum atomic E-state index is -0.393. The molecule has 0 fully saturated rings. The fraction of sp³-hybridized carbons (Fsp3) is 0.208. The first-order chi connectivity index (χ1) is 14.5. The van der Waals surface area contributed by atoms with E-state index in [0.717, 1.165) is 17.5 Å². The van der Waals surface area contributed by atoms with E-state index in [0.29, 0.717) is 36.3 Å². The Hall–Kier alpha value is -3.67. The number of hydrogen-bond donors (Lipinski definition) is 2. The van der Waals surface area contributed by atoms with Crippen molar-refractivity contribution < 1.29 is 19.4 Å². The number of Topliss-reactive ketones (excluding diaryl/α,β-unsaturated/α-hetero) is 1. The summed E-state index contributed by atoms with van der Waals surface area (Å²) in [7, 11) is 0. The van der Waals surface area contributed by atoms with Gasteiger partial charge in [-0.15, -0.1) is 0 Å². The Morgan fingerprint density at radius 1 is 1.10 bits per heavy atom. The highest BCUT2D eigenvalue weighted by Gasteiger charge is 2.20. The van der Waals surface area contributed by atoms with Gasteiger partial charge in [-0.25, -0.2) is 0 Å². The second-order valence-electron chi connectivity index (χ2n) is 6.95. The Balaban J connectivity index is 0.000000172. The van der Waals surface area contributed by atoms with Gasteiger partial charge in [0, 0.05) is 30.4 Å². The standard InChI is InChI=1S/C13H12N2O.C11H12O3/c14-13(16)12-3-1-10(2-4-12)9-11-5-7-15-8-6-11;1-2-7-5-8-9(12)3-4-14-11(8)6-10(7)13/h1-8H,9H2,(H2,14,16);5-6,13H,2-4H2,1H3. The van der Waals surface area contributed by atoms with E-state index in [-0.39, 0.29) is 11.5 Å². The molecule has 3 aromatic rings. The highest BCUT2D eigenvalue weighted by atomic mass is 16.5. The molecule has 1 aliphatic rings.